The number of nitrogens with two attached hydrogens (primary N) is 1. The number of nitriles is 1. The SMILES string of the molecule is N#Cc1ccc(-c2cc(C(=O)N3CCCC(N)C3)sc2-c2ccc3c(c2)CNC3=O)cc1F. The van der Waals surface area contributed by atoms with Gasteiger partial charge >= 0.3 is 0 Å². The van der Waals surface area contributed by atoms with E-state index < -0.39 is 5.82 Å². The largest absolute Gasteiger partial charge is 0.348 e. The minimum Gasteiger partial charge on any atom is -0.348 e. The maximum Gasteiger partial charge on any atom is 0.264 e. The van der Waals surface area contributed by atoms with Gasteiger partial charge in [-0.15, -0.1) is 11.3 Å². The molecule has 0 radical (unpaired) electrons. The predicted molar refractivity (Wildman–Crippen MR) is 124 cm³/mol. The number of amides is 2. The van der Waals surface area contributed by atoms with Gasteiger partial charge in [0.15, 0.2) is 0 Å². The number of nitrogens with one attached hydrogen (secondary N) is 1. The lowest BCUT2D eigenvalue weighted by molar-refractivity contribution is 0.0713. The highest BCUT2D eigenvalue weighted by Crippen LogP contribution is 2.41. The van der Waals surface area contributed by atoms with E-state index in [0.29, 0.717) is 41.2 Å². The topological polar surface area (TPSA) is 99.2 Å². The summed E-state index contributed by atoms with van der Waals surface area (Å²) in [6.07, 6.45) is 1.77. The number of thiophene rings is 1. The number of benzene rings is 2. The molecular weight excluding hydrogens is 439 g/mol. The first-order chi connectivity index (χ1) is 15.9. The molecule has 33 heavy (non-hydrogen) atoms. The number of hydrogen-bond donors (Lipinski definition) is 2. The summed E-state index contributed by atoms with van der Waals surface area (Å²) in [6, 6.07) is 13.6. The second kappa shape index (κ2) is 8.43. The Hall–Kier alpha value is -3.54. The lowest BCUT2D eigenvalue weighted by Crippen LogP contribution is -2.45. The van der Waals surface area contributed by atoms with Gasteiger partial charge in [0.25, 0.3) is 11.8 Å². The van der Waals surface area contributed by atoms with Crippen molar-refractivity contribution in [3.63, 3.8) is 0 Å². The number of carbonyl (C=O) groups excluding carboxylic acids is 2. The fourth-order valence-electron chi connectivity index (χ4n) is 4.42. The van der Waals surface area contributed by atoms with E-state index >= 15 is 0 Å². The van der Waals surface area contributed by atoms with Gasteiger partial charge < -0.3 is 16.0 Å². The Morgan fingerprint density at radius 2 is 2.00 bits per heavy atom. The van der Waals surface area contributed by atoms with Gasteiger partial charge in [-0.2, -0.15) is 5.26 Å². The van der Waals surface area contributed by atoms with Crippen molar-refractivity contribution in [3.05, 3.63) is 69.8 Å². The van der Waals surface area contributed by atoms with Crippen molar-refractivity contribution in [2.45, 2.75) is 25.4 Å². The number of hydrogen-bond acceptors (Lipinski definition) is 5. The molecule has 1 atom stereocenters. The van der Waals surface area contributed by atoms with Crippen LogP contribution in [0, 0.1) is 17.1 Å². The highest BCUT2D eigenvalue weighted by atomic mass is 32.1. The molecule has 2 aromatic carbocycles. The van der Waals surface area contributed by atoms with Gasteiger partial charge in [-0.3, -0.25) is 9.59 Å². The molecule has 0 aliphatic carbocycles. The van der Waals surface area contributed by atoms with Crippen LogP contribution >= 0.6 is 11.3 Å². The van der Waals surface area contributed by atoms with Crippen LogP contribution in [-0.4, -0.2) is 35.8 Å². The van der Waals surface area contributed by atoms with Gasteiger partial charge in [-0.25, -0.2) is 4.39 Å². The van der Waals surface area contributed by atoms with E-state index in [-0.39, 0.29) is 23.4 Å². The Morgan fingerprint density at radius 3 is 2.76 bits per heavy atom. The van der Waals surface area contributed by atoms with Crippen molar-refractivity contribution in [1.29, 1.82) is 5.26 Å². The summed E-state index contributed by atoms with van der Waals surface area (Å²) < 4.78 is 14.4. The Kier molecular flexibility index (Phi) is 5.44. The van der Waals surface area contributed by atoms with Crippen LogP contribution in [0.4, 0.5) is 4.39 Å². The van der Waals surface area contributed by atoms with Gasteiger partial charge in [0.2, 0.25) is 0 Å². The third kappa shape index (κ3) is 3.90. The first-order valence-corrected chi connectivity index (χ1v) is 11.6. The van der Waals surface area contributed by atoms with Gasteiger partial charge in [0.1, 0.15) is 11.9 Å². The second-order valence-electron chi connectivity index (χ2n) is 8.37. The van der Waals surface area contributed by atoms with Gasteiger partial charge in [-0.05, 0) is 59.9 Å². The van der Waals surface area contributed by atoms with Crippen molar-refractivity contribution in [2.24, 2.45) is 5.73 Å². The number of rotatable bonds is 3. The third-order valence-electron chi connectivity index (χ3n) is 6.14. The average Bonchev–Trinajstić information content (AvgIpc) is 3.42. The summed E-state index contributed by atoms with van der Waals surface area (Å²) in [5, 5.41) is 11.9. The van der Waals surface area contributed by atoms with E-state index in [2.05, 4.69) is 5.32 Å². The zero-order chi connectivity index (χ0) is 23.1. The number of halogens is 1. The first kappa shape index (κ1) is 21.3. The van der Waals surface area contributed by atoms with Crippen LogP contribution in [0.25, 0.3) is 21.6 Å². The van der Waals surface area contributed by atoms with E-state index in [1.807, 2.05) is 18.2 Å². The number of piperidine rings is 1. The van der Waals surface area contributed by atoms with Crippen LogP contribution in [0.15, 0.2) is 42.5 Å². The fourth-order valence-corrected chi connectivity index (χ4v) is 5.57. The van der Waals surface area contributed by atoms with Crippen molar-refractivity contribution < 1.29 is 14.0 Å². The smallest absolute Gasteiger partial charge is 0.264 e. The van der Waals surface area contributed by atoms with E-state index in [0.717, 1.165) is 28.8 Å². The monoisotopic (exact) mass is 460 g/mol. The van der Waals surface area contributed by atoms with Gasteiger partial charge in [0, 0.05) is 41.7 Å². The molecule has 3 N–H and O–H groups in total. The van der Waals surface area contributed by atoms with Crippen LogP contribution in [0.3, 0.4) is 0 Å². The zero-order valence-corrected chi connectivity index (χ0v) is 18.5. The highest BCUT2D eigenvalue weighted by Gasteiger charge is 2.26. The summed E-state index contributed by atoms with van der Waals surface area (Å²) in [7, 11) is 0. The van der Waals surface area contributed by atoms with E-state index in [1.54, 1.807) is 23.1 Å². The summed E-state index contributed by atoms with van der Waals surface area (Å²) in [5.41, 5.74) is 9.72. The molecule has 2 aliphatic heterocycles. The summed E-state index contributed by atoms with van der Waals surface area (Å²) >= 11 is 1.35. The first-order valence-electron chi connectivity index (χ1n) is 10.7. The normalized spacial score (nSPS) is 17.4. The lowest BCUT2D eigenvalue weighted by atomic mass is 9.98. The molecule has 1 saturated heterocycles. The quantitative estimate of drug-likeness (QED) is 0.619. The van der Waals surface area contributed by atoms with E-state index in [9.17, 15) is 14.0 Å². The molecule has 1 fully saturated rings. The van der Waals surface area contributed by atoms with Crippen LogP contribution in [-0.2, 0) is 6.54 Å². The Bertz CT molecular complexity index is 1330. The minimum absolute atomic E-state index is 0.0312. The van der Waals surface area contributed by atoms with E-state index in [1.165, 1.54) is 23.5 Å². The van der Waals surface area contributed by atoms with Crippen molar-refractivity contribution >= 4 is 23.2 Å². The van der Waals surface area contributed by atoms with Crippen molar-refractivity contribution in [2.75, 3.05) is 13.1 Å². The lowest BCUT2D eigenvalue weighted by Gasteiger charge is -2.30. The molecule has 1 aromatic heterocycles. The second-order valence-corrected chi connectivity index (χ2v) is 9.42. The molecular formula is C25H21FN4O2S. The predicted octanol–water partition coefficient (Wildman–Crippen LogP) is 3.90. The molecule has 1 unspecified atom stereocenters. The van der Waals surface area contributed by atoms with Crippen LogP contribution in [0.5, 0.6) is 0 Å². The maximum atomic E-state index is 14.4. The average molecular weight is 461 g/mol. The third-order valence-corrected chi connectivity index (χ3v) is 7.31. The number of fused-ring (bicyclic) bond motifs is 1. The van der Waals surface area contributed by atoms with Crippen molar-refractivity contribution in [3.8, 4) is 27.6 Å². The van der Waals surface area contributed by atoms with E-state index in [4.69, 9.17) is 11.0 Å². The van der Waals surface area contributed by atoms with Gasteiger partial charge in [-0.1, -0.05) is 12.1 Å². The molecule has 2 amide bonds. The molecule has 3 heterocycles. The summed E-state index contributed by atoms with van der Waals surface area (Å²) in [5.74, 6) is -0.796. The van der Waals surface area contributed by atoms with Crippen LogP contribution in [0.1, 0.15) is 44.0 Å². The van der Waals surface area contributed by atoms with Crippen molar-refractivity contribution in [1.82, 2.24) is 10.2 Å². The molecule has 5 rings (SSSR count). The fraction of sp³-hybridized carbons (Fsp3) is 0.240. The molecule has 8 heteroatoms. The molecule has 6 nitrogen and oxygen atoms in total. The molecule has 0 spiro atoms. The maximum absolute atomic E-state index is 14.4. The number of likely N-dealkylation sites (tertiary alicyclic amines) is 1. The van der Waals surface area contributed by atoms with Crippen LogP contribution in [0.2, 0.25) is 0 Å². The molecule has 0 saturated carbocycles. The zero-order valence-electron chi connectivity index (χ0n) is 17.7. The number of carbonyl (C=O) groups is 2. The highest BCUT2D eigenvalue weighted by molar-refractivity contribution is 7.18. The Morgan fingerprint density at radius 1 is 1.18 bits per heavy atom. The summed E-state index contributed by atoms with van der Waals surface area (Å²) in [6.45, 7) is 1.62. The standard InChI is InChI=1S/C25H21FN4O2S/c26-21-9-14(3-4-16(21)11-27)20-10-22(25(32)30-7-1-2-18(28)13-30)33-23(20)15-5-6-19-17(8-15)12-29-24(19)31/h3-6,8-10,18H,1-2,7,12-13,28H2,(H,29,31). The Balaban J connectivity index is 1.61. The molecule has 0 bridgehead atoms. The molecule has 2 aliphatic rings. The van der Waals surface area contributed by atoms with Crippen LogP contribution < -0.4 is 11.1 Å². The van der Waals surface area contributed by atoms with Gasteiger partial charge in [0.05, 0.1) is 10.4 Å². The molecule has 166 valence electrons. The minimum atomic E-state index is -0.606. The number of nitrogens with zero attached hydrogens (tertiary/aromatic N) is 2. The molecule has 3 aromatic rings. The Labute approximate surface area is 194 Å². The summed E-state index contributed by atoms with van der Waals surface area (Å²) in [4.78, 5) is 28.4.